The van der Waals surface area contributed by atoms with Crippen LogP contribution in [0.4, 0.5) is 0 Å². The average molecular weight is 255 g/mol. The van der Waals surface area contributed by atoms with Crippen LogP contribution in [0, 0.1) is 5.92 Å². The summed E-state index contributed by atoms with van der Waals surface area (Å²) in [7, 11) is 4.22. The van der Waals surface area contributed by atoms with E-state index in [9.17, 15) is 4.79 Å². The molecular weight excluding hydrogens is 230 g/mol. The Hall–Kier alpha value is -0.650. The fourth-order valence-electron chi connectivity index (χ4n) is 2.80. The number of nitrogens with one attached hydrogen (secondary N) is 1. The number of morpholine rings is 1. The highest BCUT2D eigenvalue weighted by Gasteiger charge is 2.29. The largest absolute Gasteiger partial charge is 0.378 e. The molecule has 0 aromatic rings. The van der Waals surface area contributed by atoms with Gasteiger partial charge in [0.15, 0.2) is 0 Å². The molecule has 5 nitrogen and oxygen atoms in total. The molecule has 2 rings (SSSR count). The van der Waals surface area contributed by atoms with E-state index >= 15 is 0 Å². The zero-order chi connectivity index (χ0) is 13.0. The van der Waals surface area contributed by atoms with E-state index in [2.05, 4.69) is 24.3 Å². The first-order chi connectivity index (χ1) is 8.66. The summed E-state index contributed by atoms with van der Waals surface area (Å²) in [6.07, 6.45) is 2.25. The molecule has 2 aliphatic rings. The molecule has 0 bridgehead atoms. The summed E-state index contributed by atoms with van der Waals surface area (Å²) in [6.45, 7) is 4.95. The van der Waals surface area contributed by atoms with Crippen molar-refractivity contribution in [1.29, 1.82) is 0 Å². The molecule has 0 aliphatic carbocycles. The van der Waals surface area contributed by atoms with Gasteiger partial charge in [-0.1, -0.05) is 0 Å². The first-order valence-electron chi connectivity index (χ1n) is 6.91. The number of ether oxygens (including phenoxy) is 1. The summed E-state index contributed by atoms with van der Waals surface area (Å²) in [5.74, 6) is 0.956. The molecule has 1 N–H and O–H groups in total. The molecule has 0 aromatic heterocycles. The van der Waals surface area contributed by atoms with Crippen molar-refractivity contribution in [1.82, 2.24) is 15.1 Å². The van der Waals surface area contributed by atoms with E-state index in [-0.39, 0.29) is 11.9 Å². The first-order valence-corrected chi connectivity index (χ1v) is 6.91. The van der Waals surface area contributed by atoms with Crippen molar-refractivity contribution in [2.75, 3.05) is 53.5 Å². The first kappa shape index (κ1) is 13.8. The van der Waals surface area contributed by atoms with E-state index in [0.717, 1.165) is 44.9 Å². The molecule has 1 unspecified atom stereocenters. The molecule has 0 saturated carbocycles. The summed E-state index contributed by atoms with van der Waals surface area (Å²) in [5, 5.41) is 3.24. The second-order valence-electron chi connectivity index (χ2n) is 5.61. The molecule has 1 amide bonds. The number of amides is 1. The van der Waals surface area contributed by atoms with Gasteiger partial charge in [-0.15, -0.1) is 0 Å². The molecule has 18 heavy (non-hydrogen) atoms. The maximum atomic E-state index is 12.3. The van der Waals surface area contributed by atoms with Crippen LogP contribution >= 0.6 is 0 Å². The Bertz CT molecular complexity index is 269. The molecule has 104 valence electrons. The van der Waals surface area contributed by atoms with Gasteiger partial charge in [0, 0.05) is 26.2 Å². The monoisotopic (exact) mass is 255 g/mol. The lowest BCUT2D eigenvalue weighted by Crippen LogP contribution is -2.54. The van der Waals surface area contributed by atoms with Crippen molar-refractivity contribution in [2.45, 2.75) is 18.9 Å². The van der Waals surface area contributed by atoms with Crippen LogP contribution in [-0.4, -0.2) is 75.2 Å². The Balaban J connectivity index is 1.76. The standard InChI is InChI=1S/C13H25N3O2/c1-15(2)9-11-3-6-16(7-4-11)13(17)12-10-18-8-5-14-12/h11-12,14H,3-10H2,1-2H3. The van der Waals surface area contributed by atoms with Crippen LogP contribution in [0.15, 0.2) is 0 Å². The number of rotatable bonds is 3. The summed E-state index contributed by atoms with van der Waals surface area (Å²) < 4.78 is 5.35. The second kappa shape index (κ2) is 6.50. The lowest BCUT2D eigenvalue weighted by Gasteiger charge is -2.36. The van der Waals surface area contributed by atoms with E-state index < -0.39 is 0 Å². The zero-order valence-corrected chi connectivity index (χ0v) is 11.5. The van der Waals surface area contributed by atoms with Crippen LogP contribution in [0.5, 0.6) is 0 Å². The minimum Gasteiger partial charge on any atom is -0.378 e. The zero-order valence-electron chi connectivity index (χ0n) is 11.5. The van der Waals surface area contributed by atoms with Crippen molar-refractivity contribution < 1.29 is 9.53 Å². The predicted molar refractivity (Wildman–Crippen MR) is 70.5 cm³/mol. The summed E-state index contributed by atoms with van der Waals surface area (Å²) in [6, 6.07) is -0.121. The van der Waals surface area contributed by atoms with Gasteiger partial charge in [-0.05, 0) is 32.9 Å². The molecule has 0 spiro atoms. The Kier molecular flexibility index (Phi) is 4.97. The lowest BCUT2D eigenvalue weighted by atomic mass is 9.96. The highest BCUT2D eigenvalue weighted by molar-refractivity contribution is 5.82. The van der Waals surface area contributed by atoms with Gasteiger partial charge in [0.2, 0.25) is 5.91 Å². The lowest BCUT2D eigenvalue weighted by molar-refractivity contribution is -0.137. The van der Waals surface area contributed by atoms with Crippen LogP contribution in [-0.2, 0) is 9.53 Å². The molecule has 1 atom stereocenters. The van der Waals surface area contributed by atoms with Gasteiger partial charge in [0.1, 0.15) is 6.04 Å². The molecule has 2 aliphatic heterocycles. The van der Waals surface area contributed by atoms with E-state index in [1.54, 1.807) is 0 Å². The summed E-state index contributed by atoms with van der Waals surface area (Å²) >= 11 is 0. The van der Waals surface area contributed by atoms with Crippen molar-refractivity contribution in [3.8, 4) is 0 Å². The van der Waals surface area contributed by atoms with E-state index in [4.69, 9.17) is 4.74 Å². The number of piperidine rings is 1. The van der Waals surface area contributed by atoms with Gasteiger partial charge < -0.3 is 19.9 Å². The van der Waals surface area contributed by atoms with Crippen LogP contribution < -0.4 is 5.32 Å². The maximum Gasteiger partial charge on any atom is 0.242 e. The van der Waals surface area contributed by atoms with Crippen molar-refractivity contribution in [3.05, 3.63) is 0 Å². The second-order valence-corrected chi connectivity index (χ2v) is 5.61. The van der Waals surface area contributed by atoms with Crippen molar-refractivity contribution in [2.24, 2.45) is 5.92 Å². The van der Waals surface area contributed by atoms with Crippen LogP contribution in [0.2, 0.25) is 0 Å². The number of nitrogens with zero attached hydrogens (tertiary/aromatic N) is 2. The number of hydrogen-bond acceptors (Lipinski definition) is 4. The molecule has 0 radical (unpaired) electrons. The number of likely N-dealkylation sites (tertiary alicyclic amines) is 1. The summed E-state index contributed by atoms with van der Waals surface area (Å²) in [4.78, 5) is 16.5. The third-order valence-corrected chi connectivity index (χ3v) is 3.77. The van der Waals surface area contributed by atoms with Crippen LogP contribution in [0.25, 0.3) is 0 Å². The number of carbonyl (C=O) groups excluding carboxylic acids is 1. The molecule has 2 saturated heterocycles. The van der Waals surface area contributed by atoms with Crippen molar-refractivity contribution in [3.63, 3.8) is 0 Å². The quantitative estimate of drug-likeness (QED) is 0.757. The smallest absolute Gasteiger partial charge is 0.242 e. The Morgan fingerprint density at radius 3 is 2.67 bits per heavy atom. The summed E-state index contributed by atoms with van der Waals surface area (Å²) in [5.41, 5.74) is 0. The molecule has 5 heteroatoms. The molecule has 2 fully saturated rings. The highest BCUT2D eigenvalue weighted by Crippen LogP contribution is 2.18. The van der Waals surface area contributed by atoms with Gasteiger partial charge in [0.05, 0.1) is 13.2 Å². The normalized spacial score (nSPS) is 26.6. The van der Waals surface area contributed by atoms with E-state index in [1.807, 2.05) is 4.90 Å². The fourth-order valence-corrected chi connectivity index (χ4v) is 2.80. The van der Waals surface area contributed by atoms with E-state index in [1.165, 1.54) is 0 Å². The molecule has 0 aromatic carbocycles. The molecule has 2 heterocycles. The molecular formula is C13H25N3O2. The van der Waals surface area contributed by atoms with Gasteiger partial charge in [-0.3, -0.25) is 4.79 Å². The third kappa shape index (κ3) is 3.67. The van der Waals surface area contributed by atoms with Crippen LogP contribution in [0.1, 0.15) is 12.8 Å². The highest BCUT2D eigenvalue weighted by atomic mass is 16.5. The van der Waals surface area contributed by atoms with Crippen molar-refractivity contribution >= 4 is 5.91 Å². The van der Waals surface area contributed by atoms with Gasteiger partial charge in [-0.2, -0.15) is 0 Å². The number of carbonyl (C=O) groups is 1. The number of hydrogen-bond donors (Lipinski definition) is 1. The minimum atomic E-state index is -0.121. The Morgan fingerprint density at radius 2 is 2.11 bits per heavy atom. The Morgan fingerprint density at radius 1 is 1.39 bits per heavy atom. The van der Waals surface area contributed by atoms with Gasteiger partial charge in [-0.25, -0.2) is 0 Å². The fraction of sp³-hybridized carbons (Fsp3) is 0.923. The van der Waals surface area contributed by atoms with E-state index in [0.29, 0.717) is 13.2 Å². The topological polar surface area (TPSA) is 44.8 Å². The SMILES string of the molecule is CN(C)CC1CCN(C(=O)C2COCCN2)CC1. The van der Waals surface area contributed by atoms with Gasteiger partial charge >= 0.3 is 0 Å². The average Bonchev–Trinajstić information content (AvgIpc) is 2.39. The third-order valence-electron chi connectivity index (χ3n) is 3.77. The Labute approximate surface area is 109 Å². The predicted octanol–water partition coefficient (Wildman–Crippen LogP) is -0.225. The van der Waals surface area contributed by atoms with Gasteiger partial charge in [0.25, 0.3) is 0 Å². The maximum absolute atomic E-state index is 12.3. The minimum absolute atomic E-state index is 0.121. The van der Waals surface area contributed by atoms with Crippen LogP contribution in [0.3, 0.4) is 0 Å².